The molecule has 1 aromatic heterocycles. The number of anilines is 2. The number of tetrazole rings is 1. The number of nitrogens with zero attached hydrogens (tertiary/aromatic N) is 6. The van der Waals surface area contributed by atoms with Gasteiger partial charge in [-0.1, -0.05) is 23.3 Å². The van der Waals surface area contributed by atoms with Gasteiger partial charge in [-0.25, -0.2) is 4.79 Å². The highest BCUT2D eigenvalue weighted by molar-refractivity contribution is 5.90. The second kappa shape index (κ2) is 11.3. The molecule has 15 heteroatoms. The molecule has 0 spiro atoms. The first-order chi connectivity index (χ1) is 19.4. The number of carbonyl (C=O) groups is 1. The molecule has 1 aliphatic heterocycles. The lowest BCUT2D eigenvalue weighted by Gasteiger charge is -2.33. The minimum absolute atomic E-state index is 0.00715. The van der Waals surface area contributed by atoms with Crippen molar-refractivity contribution in [2.75, 3.05) is 16.3 Å². The molecule has 4 rings (SSSR count). The number of aryl methyl sites for hydroxylation is 2. The van der Waals surface area contributed by atoms with Gasteiger partial charge in [0.05, 0.1) is 24.3 Å². The van der Waals surface area contributed by atoms with Crippen molar-refractivity contribution in [3.8, 4) is 5.75 Å². The third-order valence-corrected chi connectivity index (χ3v) is 6.42. The van der Waals surface area contributed by atoms with Crippen molar-refractivity contribution in [3.63, 3.8) is 0 Å². The summed E-state index contributed by atoms with van der Waals surface area (Å²) < 4.78 is 90.3. The Bertz CT molecular complexity index is 1430. The highest BCUT2D eigenvalue weighted by Gasteiger charge is 2.39. The monoisotopic (exact) mass is 600 g/mol. The van der Waals surface area contributed by atoms with Gasteiger partial charge in [-0.15, -0.1) is 18.3 Å². The highest BCUT2D eigenvalue weighted by Crippen LogP contribution is 2.44. The Hall–Kier alpha value is -4.04. The maximum Gasteiger partial charge on any atom is 0.573 e. The zero-order chi connectivity index (χ0) is 31.0. The predicted molar refractivity (Wildman–Crippen MR) is 140 cm³/mol. The van der Waals surface area contributed by atoms with Crippen LogP contribution in [0.2, 0.25) is 0 Å². The van der Waals surface area contributed by atoms with E-state index in [1.165, 1.54) is 41.9 Å². The van der Waals surface area contributed by atoms with E-state index in [0.29, 0.717) is 24.0 Å². The van der Waals surface area contributed by atoms with E-state index < -0.39 is 41.6 Å². The van der Waals surface area contributed by atoms with Crippen LogP contribution < -0.4 is 14.5 Å². The molecular formula is C27H30F6N6O3. The molecule has 3 aromatic rings. The molecule has 1 atom stereocenters. The molecule has 0 bridgehead atoms. The largest absolute Gasteiger partial charge is 0.573 e. The molecule has 1 unspecified atom stereocenters. The third kappa shape index (κ3) is 7.42. The van der Waals surface area contributed by atoms with E-state index in [2.05, 4.69) is 20.1 Å². The maximum absolute atomic E-state index is 14.0. The minimum Gasteiger partial charge on any atom is -0.443 e. The standard InChI is InChI=1S/C27H30F6N6O3/c1-16-12-19-21(10-7-11-38(24(40)42-25(2,3)4)22(19)14-20(16)26(28,29)30)39(23-34-36-37(5)35-23)15-17-8-6-9-18(13-17)41-27(31,32)33/h6,8-9,12-14,21H,7,10-11,15H2,1-5H3. The number of halogens is 6. The Morgan fingerprint density at radius 3 is 2.40 bits per heavy atom. The number of ether oxygens (including phenoxy) is 2. The second-order valence-electron chi connectivity index (χ2n) is 10.9. The van der Waals surface area contributed by atoms with Crippen LogP contribution in [0, 0.1) is 6.92 Å². The van der Waals surface area contributed by atoms with E-state index in [1.807, 2.05) is 0 Å². The quantitative estimate of drug-likeness (QED) is 0.301. The number of amides is 1. The zero-order valence-electron chi connectivity index (χ0n) is 23.5. The van der Waals surface area contributed by atoms with Crippen molar-refractivity contribution < 1.29 is 40.6 Å². The first kappa shape index (κ1) is 30.9. The van der Waals surface area contributed by atoms with Crippen molar-refractivity contribution in [3.05, 3.63) is 58.7 Å². The number of benzene rings is 2. The molecular weight excluding hydrogens is 570 g/mol. The Kier molecular flexibility index (Phi) is 8.33. The number of carbonyl (C=O) groups excluding carboxylic acids is 1. The maximum atomic E-state index is 14.0. The summed E-state index contributed by atoms with van der Waals surface area (Å²) in [7, 11) is 1.53. The van der Waals surface area contributed by atoms with Crippen LogP contribution in [-0.2, 0) is 24.5 Å². The van der Waals surface area contributed by atoms with Crippen LogP contribution >= 0.6 is 0 Å². The van der Waals surface area contributed by atoms with Crippen LogP contribution in [0.1, 0.15) is 61.9 Å². The van der Waals surface area contributed by atoms with Gasteiger partial charge >= 0.3 is 18.6 Å². The van der Waals surface area contributed by atoms with Crippen LogP contribution in [0.25, 0.3) is 0 Å². The van der Waals surface area contributed by atoms with Gasteiger partial charge in [-0.2, -0.15) is 18.0 Å². The van der Waals surface area contributed by atoms with E-state index in [9.17, 15) is 31.1 Å². The molecule has 228 valence electrons. The lowest BCUT2D eigenvalue weighted by Crippen LogP contribution is -2.37. The fourth-order valence-corrected chi connectivity index (χ4v) is 4.82. The van der Waals surface area contributed by atoms with Crippen LogP contribution in [0.3, 0.4) is 0 Å². The Balaban J connectivity index is 1.85. The fraction of sp³-hybridized carbons (Fsp3) is 0.481. The summed E-state index contributed by atoms with van der Waals surface area (Å²) in [5.74, 6) is -0.339. The SMILES string of the molecule is Cc1cc2c(cc1C(F)(F)F)N(C(=O)OC(C)(C)C)CCCC2N(Cc1cccc(OC(F)(F)F)c1)c1nnn(C)n1. The summed E-state index contributed by atoms with van der Waals surface area (Å²) in [4.78, 5) is 17.3. The van der Waals surface area contributed by atoms with Gasteiger partial charge in [-0.3, -0.25) is 4.90 Å². The molecule has 2 heterocycles. The van der Waals surface area contributed by atoms with Gasteiger partial charge in [0, 0.05) is 13.1 Å². The van der Waals surface area contributed by atoms with Crippen molar-refractivity contribution >= 4 is 17.7 Å². The number of hydrogen-bond acceptors (Lipinski definition) is 7. The van der Waals surface area contributed by atoms with E-state index >= 15 is 0 Å². The molecule has 0 fully saturated rings. The number of alkyl halides is 6. The Morgan fingerprint density at radius 2 is 1.81 bits per heavy atom. The van der Waals surface area contributed by atoms with E-state index in [0.717, 1.165) is 12.1 Å². The summed E-state index contributed by atoms with van der Waals surface area (Å²) in [6.07, 6.45) is -9.70. The molecule has 0 radical (unpaired) electrons. The first-order valence-corrected chi connectivity index (χ1v) is 13.0. The predicted octanol–water partition coefficient (Wildman–Crippen LogP) is 6.72. The molecule has 0 saturated heterocycles. The number of rotatable bonds is 5. The second-order valence-corrected chi connectivity index (χ2v) is 10.9. The normalized spacial score (nSPS) is 16.1. The minimum atomic E-state index is -4.90. The topological polar surface area (TPSA) is 85.6 Å². The molecule has 9 nitrogen and oxygen atoms in total. The lowest BCUT2D eigenvalue weighted by molar-refractivity contribution is -0.274. The molecule has 42 heavy (non-hydrogen) atoms. The number of aromatic nitrogens is 4. The average molecular weight is 601 g/mol. The van der Waals surface area contributed by atoms with Crippen LogP contribution in [0.15, 0.2) is 36.4 Å². The summed E-state index contributed by atoms with van der Waals surface area (Å²) in [5.41, 5.74) is -1.10. The van der Waals surface area contributed by atoms with E-state index in [4.69, 9.17) is 4.74 Å². The van der Waals surface area contributed by atoms with E-state index in [-0.39, 0.29) is 30.3 Å². The van der Waals surface area contributed by atoms with Crippen molar-refractivity contribution in [2.24, 2.45) is 7.05 Å². The fourth-order valence-electron chi connectivity index (χ4n) is 4.82. The first-order valence-electron chi connectivity index (χ1n) is 13.0. The summed E-state index contributed by atoms with van der Waals surface area (Å²) in [5, 5.41) is 12.2. The summed E-state index contributed by atoms with van der Waals surface area (Å²) in [6.45, 7) is 6.31. The smallest absolute Gasteiger partial charge is 0.443 e. The number of fused-ring (bicyclic) bond motifs is 1. The average Bonchev–Trinajstić information content (AvgIpc) is 3.17. The Labute approximate surface area is 238 Å². The summed E-state index contributed by atoms with van der Waals surface area (Å²) >= 11 is 0. The van der Waals surface area contributed by atoms with Crippen LogP contribution in [0.4, 0.5) is 42.8 Å². The van der Waals surface area contributed by atoms with E-state index in [1.54, 1.807) is 31.7 Å². The van der Waals surface area contributed by atoms with Gasteiger partial charge in [0.15, 0.2) is 0 Å². The van der Waals surface area contributed by atoms with Crippen molar-refractivity contribution in [1.82, 2.24) is 20.2 Å². The third-order valence-electron chi connectivity index (χ3n) is 6.42. The zero-order valence-corrected chi connectivity index (χ0v) is 23.5. The van der Waals surface area contributed by atoms with Crippen molar-refractivity contribution in [1.29, 1.82) is 0 Å². The molecule has 0 aliphatic carbocycles. The van der Waals surface area contributed by atoms with Gasteiger partial charge in [0.1, 0.15) is 11.4 Å². The molecule has 2 aromatic carbocycles. The van der Waals surface area contributed by atoms with Gasteiger partial charge in [0.2, 0.25) is 0 Å². The molecule has 1 aliphatic rings. The van der Waals surface area contributed by atoms with Crippen molar-refractivity contribution in [2.45, 2.75) is 71.3 Å². The highest BCUT2D eigenvalue weighted by atomic mass is 19.4. The van der Waals surface area contributed by atoms with Gasteiger partial charge < -0.3 is 14.4 Å². The van der Waals surface area contributed by atoms with Gasteiger partial charge in [-0.05, 0) is 80.6 Å². The van der Waals surface area contributed by atoms with Crippen LogP contribution in [0.5, 0.6) is 5.75 Å². The Morgan fingerprint density at radius 1 is 1.10 bits per heavy atom. The lowest BCUT2D eigenvalue weighted by atomic mass is 9.94. The number of hydrogen-bond donors (Lipinski definition) is 0. The summed E-state index contributed by atoms with van der Waals surface area (Å²) in [6, 6.07) is 6.96. The molecule has 0 N–H and O–H groups in total. The van der Waals surface area contributed by atoms with Crippen LogP contribution in [-0.4, -0.2) is 44.8 Å². The molecule has 1 amide bonds. The van der Waals surface area contributed by atoms with Gasteiger partial charge in [0.25, 0.3) is 5.95 Å². The molecule has 0 saturated carbocycles.